The van der Waals surface area contributed by atoms with E-state index in [0.717, 1.165) is 22.5 Å². The highest BCUT2D eigenvalue weighted by atomic mass is 16.3. The first-order valence-electron chi connectivity index (χ1n) is 7.20. The lowest BCUT2D eigenvalue weighted by molar-refractivity contribution is 0.0951. The molecule has 0 atom stereocenters. The molecular weight excluding hydrogens is 274 g/mol. The maximum Gasteiger partial charge on any atom is 0.251 e. The van der Waals surface area contributed by atoms with Crippen molar-refractivity contribution in [3.63, 3.8) is 0 Å². The van der Waals surface area contributed by atoms with E-state index in [1.807, 2.05) is 67.6 Å². The molecule has 1 heterocycles. The van der Waals surface area contributed by atoms with Crippen molar-refractivity contribution < 1.29 is 9.21 Å². The van der Waals surface area contributed by atoms with Gasteiger partial charge >= 0.3 is 0 Å². The van der Waals surface area contributed by atoms with Crippen LogP contribution in [0.1, 0.15) is 21.5 Å². The molecule has 0 radical (unpaired) electrons. The molecule has 0 fully saturated rings. The molecule has 0 saturated carbocycles. The summed E-state index contributed by atoms with van der Waals surface area (Å²) in [5.41, 5.74) is 3.80. The maximum atomic E-state index is 12.2. The van der Waals surface area contributed by atoms with Gasteiger partial charge in [-0.3, -0.25) is 4.79 Å². The summed E-state index contributed by atoms with van der Waals surface area (Å²) in [6, 6.07) is 19.3. The van der Waals surface area contributed by atoms with Gasteiger partial charge in [0.15, 0.2) is 0 Å². The van der Waals surface area contributed by atoms with Gasteiger partial charge in [-0.1, -0.05) is 35.9 Å². The zero-order chi connectivity index (χ0) is 15.4. The summed E-state index contributed by atoms with van der Waals surface area (Å²) in [7, 11) is 0. The highest BCUT2D eigenvalue weighted by molar-refractivity contribution is 5.94. The van der Waals surface area contributed by atoms with Crippen LogP contribution in [0.5, 0.6) is 0 Å². The van der Waals surface area contributed by atoms with Crippen LogP contribution in [0.3, 0.4) is 0 Å². The number of amides is 1. The van der Waals surface area contributed by atoms with Gasteiger partial charge in [-0.25, -0.2) is 0 Å². The highest BCUT2D eigenvalue weighted by Crippen LogP contribution is 2.20. The Balaban J connectivity index is 1.69. The van der Waals surface area contributed by atoms with E-state index in [1.165, 1.54) is 0 Å². The van der Waals surface area contributed by atoms with E-state index < -0.39 is 0 Å². The molecule has 110 valence electrons. The van der Waals surface area contributed by atoms with Gasteiger partial charge in [-0.2, -0.15) is 0 Å². The zero-order valence-electron chi connectivity index (χ0n) is 12.4. The third kappa shape index (κ3) is 3.26. The molecule has 0 aliphatic heterocycles. The van der Waals surface area contributed by atoms with E-state index in [1.54, 1.807) is 6.26 Å². The normalized spacial score (nSPS) is 10.4. The Bertz CT molecular complexity index is 776. The van der Waals surface area contributed by atoms with Crippen LogP contribution in [-0.4, -0.2) is 5.91 Å². The second-order valence-electron chi connectivity index (χ2n) is 5.23. The number of rotatable bonds is 4. The summed E-state index contributed by atoms with van der Waals surface area (Å²) in [5.74, 6) is 0.763. The lowest BCUT2D eigenvalue weighted by Gasteiger charge is -2.07. The summed E-state index contributed by atoms with van der Waals surface area (Å²) in [5, 5.41) is 2.95. The van der Waals surface area contributed by atoms with E-state index in [0.29, 0.717) is 12.1 Å². The van der Waals surface area contributed by atoms with E-state index in [9.17, 15) is 4.79 Å². The molecule has 3 nitrogen and oxygen atoms in total. The van der Waals surface area contributed by atoms with E-state index >= 15 is 0 Å². The molecule has 0 unspecified atom stereocenters. The Morgan fingerprint density at radius 3 is 2.68 bits per heavy atom. The number of nitrogens with one attached hydrogen (secondary N) is 1. The van der Waals surface area contributed by atoms with Crippen LogP contribution < -0.4 is 5.32 Å². The van der Waals surface area contributed by atoms with Crippen molar-refractivity contribution in [1.82, 2.24) is 5.32 Å². The van der Waals surface area contributed by atoms with Gasteiger partial charge in [0.1, 0.15) is 5.76 Å². The second kappa shape index (κ2) is 6.31. The van der Waals surface area contributed by atoms with Crippen molar-refractivity contribution in [2.24, 2.45) is 0 Å². The molecule has 0 saturated heterocycles. The number of benzene rings is 2. The second-order valence-corrected chi connectivity index (χ2v) is 5.23. The minimum atomic E-state index is -0.0629. The predicted octanol–water partition coefficient (Wildman–Crippen LogP) is 4.19. The predicted molar refractivity (Wildman–Crippen MR) is 86.5 cm³/mol. The molecule has 1 N–H and O–H groups in total. The average molecular weight is 291 g/mol. The average Bonchev–Trinajstić information content (AvgIpc) is 3.07. The van der Waals surface area contributed by atoms with Crippen LogP contribution in [0, 0.1) is 6.92 Å². The molecular formula is C19H17NO2. The van der Waals surface area contributed by atoms with Gasteiger partial charge in [0.05, 0.1) is 6.26 Å². The first kappa shape index (κ1) is 14.1. The van der Waals surface area contributed by atoms with Crippen LogP contribution in [-0.2, 0) is 6.54 Å². The van der Waals surface area contributed by atoms with Gasteiger partial charge in [-0.05, 0) is 42.8 Å². The maximum absolute atomic E-state index is 12.2. The van der Waals surface area contributed by atoms with Crippen molar-refractivity contribution >= 4 is 5.91 Å². The molecule has 2 aromatic carbocycles. The van der Waals surface area contributed by atoms with Gasteiger partial charge < -0.3 is 9.73 Å². The van der Waals surface area contributed by atoms with Crippen LogP contribution in [0.15, 0.2) is 71.3 Å². The molecule has 3 heteroatoms. The third-order valence-electron chi connectivity index (χ3n) is 3.47. The molecule has 0 aliphatic carbocycles. The molecule has 3 aromatic rings. The molecule has 1 amide bonds. The van der Waals surface area contributed by atoms with Crippen LogP contribution in [0.4, 0.5) is 0 Å². The SMILES string of the molecule is Cc1cccc(C(=O)NCc2cccc(-c3ccco3)c2)c1. The fraction of sp³-hybridized carbons (Fsp3) is 0.105. The Morgan fingerprint density at radius 1 is 1.05 bits per heavy atom. The minimum Gasteiger partial charge on any atom is -0.464 e. The standard InChI is InChI=1S/C19H17NO2/c1-14-5-2-8-17(11-14)19(21)20-13-15-6-3-7-16(12-15)18-9-4-10-22-18/h2-12H,13H2,1H3,(H,20,21). The Labute approximate surface area is 129 Å². The monoisotopic (exact) mass is 291 g/mol. The number of hydrogen-bond donors (Lipinski definition) is 1. The first-order chi connectivity index (χ1) is 10.7. The van der Waals surface area contributed by atoms with Gasteiger partial charge in [0.25, 0.3) is 5.91 Å². The van der Waals surface area contributed by atoms with E-state index in [-0.39, 0.29) is 5.91 Å². The summed E-state index contributed by atoms with van der Waals surface area (Å²) in [4.78, 5) is 12.2. The van der Waals surface area contributed by atoms with Crippen molar-refractivity contribution in [2.45, 2.75) is 13.5 Å². The van der Waals surface area contributed by atoms with Crippen molar-refractivity contribution in [3.05, 3.63) is 83.6 Å². The van der Waals surface area contributed by atoms with Crippen LogP contribution in [0.25, 0.3) is 11.3 Å². The van der Waals surface area contributed by atoms with Crippen molar-refractivity contribution in [2.75, 3.05) is 0 Å². The zero-order valence-corrected chi connectivity index (χ0v) is 12.4. The summed E-state index contributed by atoms with van der Waals surface area (Å²) in [6.45, 7) is 2.46. The smallest absolute Gasteiger partial charge is 0.251 e. The molecule has 0 spiro atoms. The highest BCUT2D eigenvalue weighted by Gasteiger charge is 2.06. The Kier molecular flexibility index (Phi) is 4.05. The molecule has 0 bridgehead atoms. The topological polar surface area (TPSA) is 42.2 Å². The van der Waals surface area contributed by atoms with Crippen LogP contribution >= 0.6 is 0 Å². The number of carbonyl (C=O) groups is 1. The lowest BCUT2D eigenvalue weighted by Crippen LogP contribution is -2.22. The third-order valence-corrected chi connectivity index (χ3v) is 3.47. The minimum absolute atomic E-state index is 0.0629. The number of aryl methyl sites for hydroxylation is 1. The number of carbonyl (C=O) groups excluding carboxylic acids is 1. The fourth-order valence-electron chi connectivity index (χ4n) is 2.35. The first-order valence-corrected chi connectivity index (χ1v) is 7.20. The van der Waals surface area contributed by atoms with Gasteiger partial charge in [0.2, 0.25) is 0 Å². The van der Waals surface area contributed by atoms with Crippen molar-refractivity contribution in [3.8, 4) is 11.3 Å². The summed E-state index contributed by atoms with van der Waals surface area (Å²) >= 11 is 0. The van der Waals surface area contributed by atoms with Crippen molar-refractivity contribution in [1.29, 1.82) is 0 Å². The quantitative estimate of drug-likeness (QED) is 0.783. The fourth-order valence-corrected chi connectivity index (χ4v) is 2.35. The summed E-state index contributed by atoms with van der Waals surface area (Å²) in [6.07, 6.45) is 1.65. The van der Waals surface area contributed by atoms with Crippen LogP contribution in [0.2, 0.25) is 0 Å². The Hall–Kier alpha value is -2.81. The van der Waals surface area contributed by atoms with Gasteiger partial charge in [-0.15, -0.1) is 0 Å². The molecule has 22 heavy (non-hydrogen) atoms. The molecule has 1 aromatic heterocycles. The van der Waals surface area contributed by atoms with E-state index in [2.05, 4.69) is 5.32 Å². The lowest BCUT2D eigenvalue weighted by atomic mass is 10.1. The Morgan fingerprint density at radius 2 is 1.91 bits per heavy atom. The van der Waals surface area contributed by atoms with E-state index in [4.69, 9.17) is 4.42 Å². The van der Waals surface area contributed by atoms with Gasteiger partial charge in [0, 0.05) is 17.7 Å². The number of hydrogen-bond acceptors (Lipinski definition) is 2. The molecule has 0 aliphatic rings. The number of furan rings is 1. The summed E-state index contributed by atoms with van der Waals surface area (Å²) < 4.78 is 5.40. The molecule has 3 rings (SSSR count). The largest absolute Gasteiger partial charge is 0.464 e.